The number of hydrogen-bond acceptors (Lipinski definition) is 3. The molecule has 6 heteroatoms. The average molecular weight is 259 g/mol. The Kier molecular flexibility index (Phi) is 5.44. The zero-order valence-corrected chi connectivity index (χ0v) is 11.3. The molecule has 0 aliphatic rings. The molecule has 0 atom stereocenters. The number of halogens is 1. The number of aromatic nitrogens is 2. The van der Waals surface area contributed by atoms with Crippen LogP contribution in [0.25, 0.3) is 0 Å². The van der Waals surface area contributed by atoms with Crippen molar-refractivity contribution in [3.8, 4) is 0 Å². The van der Waals surface area contributed by atoms with Crippen LogP contribution in [0.4, 0.5) is 0 Å². The van der Waals surface area contributed by atoms with E-state index in [0.717, 1.165) is 18.7 Å². The number of carbonyl (C=O) groups is 1. The van der Waals surface area contributed by atoms with Crippen LogP contribution in [0, 0.1) is 6.92 Å². The topological polar surface area (TPSA) is 50.2 Å². The Bertz CT molecular complexity index is 376. The zero-order valence-electron chi connectivity index (χ0n) is 10.5. The molecule has 1 heterocycles. The summed E-state index contributed by atoms with van der Waals surface area (Å²) in [6.07, 6.45) is 2.49. The largest absolute Gasteiger partial charge is 0.354 e. The molecule has 5 nitrogen and oxygen atoms in total. The second-order valence-corrected chi connectivity index (χ2v) is 4.65. The molecular formula is C11H19ClN4O. The molecule has 0 radical (unpaired) electrons. The van der Waals surface area contributed by atoms with Gasteiger partial charge in [-0.2, -0.15) is 5.10 Å². The molecule has 1 rings (SSSR count). The first-order chi connectivity index (χ1) is 8.00. The van der Waals surface area contributed by atoms with Gasteiger partial charge in [0.2, 0.25) is 5.91 Å². The predicted octanol–water partition coefficient (Wildman–Crippen LogP) is 0.913. The number of carbonyl (C=O) groups excluding carboxylic acids is 1. The molecule has 96 valence electrons. The molecule has 0 spiro atoms. The monoisotopic (exact) mass is 258 g/mol. The van der Waals surface area contributed by atoms with E-state index in [0.29, 0.717) is 11.6 Å². The van der Waals surface area contributed by atoms with E-state index in [1.807, 2.05) is 21.0 Å². The lowest BCUT2D eigenvalue weighted by Crippen LogP contribution is -2.30. The molecule has 1 aromatic rings. The fourth-order valence-electron chi connectivity index (χ4n) is 1.40. The van der Waals surface area contributed by atoms with Crippen molar-refractivity contribution in [1.29, 1.82) is 0 Å². The third-order valence-electron chi connectivity index (χ3n) is 2.44. The van der Waals surface area contributed by atoms with E-state index in [1.54, 1.807) is 10.9 Å². The molecule has 1 N–H and O–H groups in total. The van der Waals surface area contributed by atoms with Gasteiger partial charge >= 0.3 is 0 Å². The van der Waals surface area contributed by atoms with E-state index in [9.17, 15) is 4.79 Å². The normalized spacial score (nSPS) is 10.9. The van der Waals surface area contributed by atoms with Gasteiger partial charge in [-0.1, -0.05) is 11.6 Å². The van der Waals surface area contributed by atoms with E-state index < -0.39 is 0 Å². The molecule has 0 unspecified atom stereocenters. The lowest BCUT2D eigenvalue weighted by atomic mass is 10.4. The van der Waals surface area contributed by atoms with Gasteiger partial charge in [-0.25, -0.2) is 0 Å². The van der Waals surface area contributed by atoms with Gasteiger partial charge < -0.3 is 10.2 Å². The summed E-state index contributed by atoms with van der Waals surface area (Å²) < 4.78 is 1.60. The first-order valence-corrected chi connectivity index (χ1v) is 5.98. The van der Waals surface area contributed by atoms with Crippen LogP contribution in [0.3, 0.4) is 0 Å². The van der Waals surface area contributed by atoms with Crippen LogP contribution in [0.1, 0.15) is 12.1 Å². The van der Waals surface area contributed by atoms with Gasteiger partial charge in [0.1, 0.15) is 6.54 Å². The van der Waals surface area contributed by atoms with E-state index in [2.05, 4.69) is 15.3 Å². The van der Waals surface area contributed by atoms with Crippen molar-refractivity contribution < 1.29 is 4.79 Å². The van der Waals surface area contributed by atoms with Gasteiger partial charge in [0, 0.05) is 6.54 Å². The van der Waals surface area contributed by atoms with Gasteiger partial charge in [-0.3, -0.25) is 9.48 Å². The van der Waals surface area contributed by atoms with Crippen LogP contribution in [-0.4, -0.2) is 47.8 Å². The fraction of sp³-hybridized carbons (Fsp3) is 0.636. The molecular weight excluding hydrogens is 240 g/mol. The highest BCUT2D eigenvalue weighted by molar-refractivity contribution is 6.31. The lowest BCUT2D eigenvalue weighted by Gasteiger charge is -2.10. The molecule has 0 fully saturated rings. The Morgan fingerprint density at radius 3 is 2.82 bits per heavy atom. The van der Waals surface area contributed by atoms with Gasteiger partial charge in [-0.05, 0) is 34.0 Å². The number of rotatable bonds is 6. The summed E-state index contributed by atoms with van der Waals surface area (Å²) >= 11 is 5.85. The fourth-order valence-corrected chi connectivity index (χ4v) is 1.54. The summed E-state index contributed by atoms with van der Waals surface area (Å²) in [7, 11) is 4.02. The van der Waals surface area contributed by atoms with Crippen molar-refractivity contribution in [1.82, 2.24) is 20.0 Å². The SMILES string of the molecule is Cc1c(Cl)cnn1CC(=O)NCCCN(C)C. The maximum absolute atomic E-state index is 11.6. The summed E-state index contributed by atoms with van der Waals surface area (Å²) in [6, 6.07) is 0. The molecule has 1 amide bonds. The first kappa shape index (κ1) is 14.0. The van der Waals surface area contributed by atoms with Crippen LogP contribution < -0.4 is 5.32 Å². The minimum Gasteiger partial charge on any atom is -0.354 e. The molecule has 0 aliphatic carbocycles. The third-order valence-corrected chi connectivity index (χ3v) is 2.81. The summed E-state index contributed by atoms with van der Waals surface area (Å²) in [5.41, 5.74) is 0.815. The van der Waals surface area contributed by atoms with Crippen LogP contribution in [0.15, 0.2) is 6.20 Å². The highest BCUT2D eigenvalue weighted by Crippen LogP contribution is 2.12. The van der Waals surface area contributed by atoms with Crippen molar-refractivity contribution >= 4 is 17.5 Å². The van der Waals surface area contributed by atoms with Gasteiger partial charge in [-0.15, -0.1) is 0 Å². The van der Waals surface area contributed by atoms with Crippen molar-refractivity contribution in [2.75, 3.05) is 27.2 Å². The Hall–Kier alpha value is -1.07. The van der Waals surface area contributed by atoms with Crippen molar-refractivity contribution in [3.63, 3.8) is 0 Å². The average Bonchev–Trinajstić information content (AvgIpc) is 2.56. The first-order valence-electron chi connectivity index (χ1n) is 5.60. The van der Waals surface area contributed by atoms with Crippen LogP contribution in [0.2, 0.25) is 5.02 Å². The number of nitrogens with one attached hydrogen (secondary N) is 1. The van der Waals surface area contributed by atoms with E-state index in [-0.39, 0.29) is 12.5 Å². The minimum atomic E-state index is -0.0355. The Morgan fingerprint density at radius 2 is 2.29 bits per heavy atom. The Balaban J connectivity index is 2.28. The second-order valence-electron chi connectivity index (χ2n) is 4.24. The molecule has 1 aromatic heterocycles. The van der Waals surface area contributed by atoms with Crippen molar-refractivity contribution in [2.45, 2.75) is 19.9 Å². The number of amides is 1. The summed E-state index contributed by atoms with van der Waals surface area (Å²) in [5, 5.41) is 7.47. The van der Waals surface area contributed by atoms with E-state index >= 15 is 0 Å². The summed E-state index contributed by atoms with van der Waals surface area (Å²) in [6.45, 7) is 3.72. The number of nitrogens with zero attached hydrogens (tertiary/aromatic N) is 3. The molecule has 0 saturated heterocycles. The highest BCUT2D eigenvalue weighted by atomic mass is 35.5. The van der Waals surface area contributed by atoms with Crippen molar-refractivity contribution in [3.05, 3.63) is 16.9 Å². The van der Waals surface area contributed by atoms with Gasteiger partial charge in [0.05, 0.1) is 16.9 Å². The standard InChI is InChI=1S/C11H19ClN4O/c1-9-10(12)7-14-16(9)8-11(17)13-5-4-6-15(2)3/h7H,4-6,8H2,1-3H3,(H,13,17). The quantitative estimate of drug-likeness (QED) is 0.772. The van der Waals surface area contributed by atoms with E-state index in [4.69, 9.17) is 11.6 Å². The molecule has 17 heavy (non-hydrogen) atoms. The smallest absolute Gasteiger partial charge is 0.241 e. The summed E-state index contributed by atoms with van der Waals surface area (Å²) in [4.78, 5) is 13.7. The molecule has 0 saturated carbocycles. The van der Waals surface area contributed by atoms with Crippen LogP contribution >= 0.6 is 11.6 Å². The van der Waals surface area contributed by atoms with Crippen LogP contribution in [-0.2, 0) is 11.3 Å². The Labute approximate surface area is 107 Å². The third kappa shape index (κ3) is 4.75. The van der Waals surface area contributed by atoms with Gasteiger partial charge in [0.25, 0.3) is 0 Å². The summed E-state index contributed by atoms with van der Waals surface area (Å²) in [5.74, 6) is -0.0355. The van der Waals surface area contributed by atoms with Crippen LogP contribution in [0.5, 0.6) is 0 Å². The highest BCUT2D eigenvalue weighted by Gasteiger charge is 2.07. The van der Waals surface area contributed by atoms with Crippen molar-refractivity contribution in [2.24, 2.45) is 0 Å². The predicted molar refractivity (Wildman–Crippen MR) is 68.2 cm³/mol. The zero-order chi connectivity index (χ0) is 12.8. The maximum atomic E-state index is 11.6. The molecule has 0 aromatic carbocycles. The second kappa shape index (κ2) is 6.61. The Morgan fingerprint density at radius 1 is 1.59 bits per heavy atom. The number of hydrogen-bond donors (Lipinski definition) is 1. The minimum absolute atomic E-state index is 0.0355. The van der Waals surface area contributed by atoms with E-state index in [1.165, 1.54) is 0 Å². The van der Waals surface area contributed by atoms with Gasteiger partial charge in [0.15, 0.2) is 0 Å². The lowest BCUT2D eigenvalue weighted by molar-refractivity contribution is -0.121. The molecule has 0 bridgehead atoms. The maximum Gasteiger partial charge on any atom is 0.241 e. The molecule has 0 aliphatic heterocycles.